The molecule has 0 bridgehead atoms. The SMILES string of the molecule is CC(C)Cn1cc(CC[C@H](C)O)cn1. The maximum atomic E-state index is 9.14. The summed E-state index contributed by atoms with van der Waals surface area (Å²) in [5.74, 6) is 0.625. The van der Waals surface area contributed by atoms with Crippen LogP contribution < -0.4 is 0 Å². The van der Waals surface area contributed by atoms with Gasteiger partial charge in [-0.2, -0.15) is 5.10 Å². The number of aryl methyl sites for hydroxylation is 1. The van der Waals surface area contributed by atoms with Gasteiger partial charge in [-0.1, -0.05) is 13.8 Å². The molecule has 1 N–H and O–H groups in total. The lowest BCUT2D eigenvalue weighted by molar-refractivity contribution is 0.185. The van der Waals surface area contributed by atoms with Crippen molar-refractivity contribution in [2.45, 2.75) is 46.3 Å². The topological polar surface area (TPSA) is 38.0 Å². The van der Waals surface area contributed by atoms with Gasteiger partial charge in [-0.15, -0.1) is 0 Å². The molecule has 0 unspecified atom stereocenters. The predicted molar refractivity (Wildman–Crippen MR) is 57.1 cm³/mol. The van der Waals surface area contributed by atoms with E-state index in [0.29, 0.717) is 5.92 Å². The van der Waals surface area contributed by atoms with Crippen LogP contribution in [0.25, 0.3) is 0 Å². The minimum absolute atomic E-state index is 0.219. The van der Waals surface area contributed by atoms with E-state index in [4.69, 9.17) is 5.11 Å². The van der Waals surface area contributed by atoms with Gasteiger partial charge in [0, 0.05) is 12.7 Å². The zero-order valence-corrected chi connectivity index (χ0v) is 9.27. The van der Waals surface area contributed by atoms with Crippen molar-refractivity contribution in [3.05, 3.63) is 18.0 Å². The first-order chi connectivity index (χ1) is 6.58. The van der Waals surface area contributed by atoms with E-state index in [0.717, 1.165) is 19.4 Å². The van der Waals surface area contributed by atoms with Crippen LogP contribution in [-0.2, 0) is 13.0 Å². The van der Waals surface area contributed by atoms with Crippen LogP contribution in [0.2, 0.25) is 0 Å². The lowest BCUT2D eigenvalue weighted by Gasteiger charge is -2.03. The van der Waals surface area contributed by atoms with Gasteiger partial charge in [0.2, 0.25) is 0 Å². The predicted octanol–water partition coefficient (Wildman–Crippen LogP) is 1.85. The summed E-state index contributed by atoms with van der Waals surface area (Å²) in [6.45, 7) is 7.14. The molecule has 0 aliphatic heterocycles. The molecular weight excluding hydrogens is 176 g/mol. The van der Waals surface area contributed by atoms with Crippen molar-refractivity contribution in [2.24, 2.45) is 5.92 Å². The van der Waals surface area contributed by atoms with Crippen LogP contribution in [-0.4, -0.2) is 21.0 Å². The molecule has 0 spiro atoms. The summed E-state index contributed by atoms with van der Waals surface area (Å²) >= 11 is 0. The molecule has 14 heavy (non-hydrogen) atoms. The zero-order chi connectivity index (χ0) is 10.6. The number of aliphatic hydroxyl groups excluding tert-OH is 1. The zero-order valence-electron chi connectivity index (χ0n) is 9.27. The van der Waals surface area contributed by atoms with E-state index < -0.39 is 0 Å². The molecule has 0 fully saturated rings. The van der Waals surface area contributed by atoms with E-state index in [1.54, 1.807) is 0 Å². The molecule has 1 aromatic rings. The van der Waals surface area contributed by atoms with E-state index >= 15 is 0 Å². The monoisotopic (exact) mass is 196 g/mol. The molecular formula is C11H20N2O. The van der Waals surface area contributed by atoms with E-state index in [2.05, 4.69) is 25.1 Å². The minimum atomic E-state index is -0.219. The first-order valence-corrected chi connectivity index (χ1v) is 5.27. The Kier molecular flexibility index (Phi) is 4.14. The van der Waals surface area contributed by atoms with E-state index in [1.807, 2.05) is 17.8 Å². The molecule has 1 heterocycles. The number of hydrogen-bond donors (Lipinski definition) is 1. The third-order valence-corrected chi connectivity index (χ3v) is 2.09. The molecule has 1 aromatic heterocycles. The van der Waals surface area contributed by atoms with Gasteiger partial charge in [0.15, 0.2) is 0 Å². The first-order valence-electron chi connectivity index (χ1n) is 5.27. The number of hydrogen-bond acceptors (Lipinski definition) is 2. The van der Waals surface area contributed by atoms with Gasteiger partial charge >= 0.3 is 0 Å². The molecule has 0 saturated heterocycles. The molecule has 80 valence electrons. The van der Waals surface area contributed by atoms with Gasteiger partial charge in [-0.25, -0.2) is 0 Å². The first kappa shape index (κ1) is 11.2. The standard InChI is InChI=1S/C11H20N2O/c1-9(2)7-13-8-11(6-12-13)5-4-10(3)14/h6,8-10,14H,4-5,7H2,1-3H3/t10-/m0/s1. The Morgan fingerprint density at radius 2 is 2.14 bits per heavy atom. The van der Waals surface area contributed by atoms with Gasteiger partial charge in [0.25, 0.3) is 0 Å². The highest BCUT2D eigenvalue weighted by atomic mass is 16.3. The molecule has 0 radical (unpaired) electrons. The van der Waals surface area contributed by atoms with E-state index in [1.165, 1.54) is 5.56 Å². The van der Waals surface area contributed by atoms with E-state index in [-0.39, 0.29) is 6.10 Å². The number of aliphatic hydroxyl groups is 1. The second-order valence-corrected chi connectivity index (χ2v) is 4.35. The van der Waals surface area contributed by atoms with Crippen molar-refractivity contribution >= 4 is 0 Å². The Balaban J connectivity index is 2.42. The Hall–Kier alpha value is -0.830. The molecule has 3 heteroatoms. The maximum Gasteiger partial charge on any atom is 0.0521 e. The van der Waals surface area contributed by atoms with Crippen LogP contribution in [0, 0.1) is 5.92 Å². The summed E-state index contributed by atoms with van der Waals surface area (Å²) in [5, 5.41) is 13.4. The number of nitrogens with zero attached hydrogens (tertiary/aromatic N) is 2. The van der Waals surface area contributed by atoms with Crippen molar-refractivity contribution in [3.63, 3.8) is 0 Å². The lowest BCUT2D eigenvalue weighted by atomic mass is 10.1. The summed E-state index contributed by atoms with van der Waals surface area (Å²) < 4.78 is 1.97. The van der Waals surface area contributed by atoms with Gasteiger partial charge < -0.3 is 5.11 Å². The summed E-state index contributed by atoms with van der Waals surface area (Å²) in [6, 6.07) is 0. The molecule has 3 nitrogen and oxygen atoms in total. The van der Waals surface area contributed by atoms with Crippen LogP contribution in [0.15, 0.2) is 12.4 Å². The largest absolute Gasteiger partial charge is 0.393 e. The van der Waals surface area contributed by atoms with Crippen molar-refractivity contribution in [2.75, 3.05) is 0 Å². The van der Waals surface area contributed by atoms with Crippen LogP contribution in [0.5, 0.6) is 0 Å². The molecule has 0 amide bonds. The summed E-state index contributed by atoms with van der Waals surface area (Å²) in [6.07, 6.45) is 5.47. The normalized spacial score (nSPS) is 13.5. The third kappa shape index (κ3) is 3.92. The summed E-state index contributed by atoms with van der Waals surface area (Å²) in [4.78, 5) is 0. The molecule has 0 aliphatic rings. The smallest absolute Gasteiger partial charge is 0.0521 e. The Morgan fingerprint density at radius 3 is 2.71 bits per heavy atom. The Bertz CT molecular complexity index is 266. The van der Waals surface area contributed by atoms with Gasteiger partial charge in [-0.3, -0.25) is 4.68 Å². The second kappa shape index (κ2) is 5.15. The summed E-state index contributed by atoms with van der Waals surface area (Å²) in [5.41, 5.74) is 1.21. The highest BCUT2D eigenvalue weighted by Gasteiger charge is 2.02. The lowest BCUT2D eigenvalue weighted by Crippen LogP contribution is -2.04. The minimum Gasteiger partial charge on any atom is -0.393 e. The quantitative estimate of drug-likeness (QED) is 0.780. The van der Waals surface area contributed by atoms with E-state index in [9.17, 15) is 0 Å². The van der Waals surface area contributed by atoms with Gasteiger partial charge in [0.05, 0.1) is 12.3 Å². The van der Waals surface area contributed by atoms with Gasteiger partial charge in [0.1, 0.15) is 0 Å². The fourth-order valence-corrected chi connectivity index (χ4v) is 1.39. The maximum absolute atomic E-state index is 9.14. The molecule has 0 aliphatic carbocycles. The average molecular weight is 196 g/mol. The molecule has 1 atom stereocenters. The van der Waals surface area contributed by atoms with Crippen LogP contribution in [0.3, 0.4) is 0 Å². The molecule has 1 rings (SSSR count). The highest BCUT2D eigenvalue weighted by molar-refractivity contribution is 5.04. The van der Waals surface area contributed by atoms with Crippen molar-refractivity contribution < 1.29 is 5.11 Å². The summed E-state index contributed by atoms with van der Waals surface area (Å²) in [7, 11) is 0. The van der Waals surface area contributed by atoms with Crippen LogP contribution in [0.4, 0.5) is 0 Å². The van der Waals surface area contributed by atoms with Crippen LogP contribution in [0.1, 0.15) is 32.8 Å². The van der Waals surface area contributed by atoms with Crippen molar-refractivity contribution in [1.82, 2.24) is 9.78 Å². The fourth-order valence-electron chi connectivity index (χ4n) is 1.39. The third-order valence-electron chi connectivity index (χ3n) is 2.09. The number of rotatable bonds is 5. The second-order valence-electron chi connectivity index (χ2n) is 4.35. The Labute approximate surface area is 85.8 Å². The van der Waals surface area contributed by atoms with Crippen molar-refractivity contribution in [1.29, 1.82) is 0 Å². The Morgan fingerprint density at radius 1 is 1.43 bits per heavy atom. The molecule has 0 saturated carbocycles. The van der Waals surface area contributed by atoms with Gasteiger partial charge in [-0.05, 0) is 31.2 Å². The highest BCUT2D eigenvalue weighted by Crippen LogP contribution is 2.06. The van der Waals surface area contributed by atoms with Crippen LogP contribution >= 0.6 is 0 Å². The van der Waals surface area contributed by atoms with Crippen molar-refractivity contribution in [3.8, 4) is 0 Å². The average Bonchev–Trinajstić information content (AvgIpc) is 2.47. The molecule has 0 aromatic carbocycles. The number of aromatic nitrogens is 2. The fraction of sp³-hybridized carbons (Fsp3) is 0.727.